The Morgan fingerprint density at radius 2 is 2.30 bits per heavy atom. The van der Waals surface area contributed by atoms with E-state index in [0.29, 0.717) is 0 Å². The first kappa shape index (κ1) is 10.2. The zero-order chi connectivity index (χ0) is 7.98. The minimum atomic E-state index is -0.219. The van der Waals surface area contributed by atoms with Crippen LogP contribution in [-0.4, -0.2) is 16.0 Å². The highest BCUT2D eigenvalue weighted by atomic mass is 79.9. The van der Waals surface area contributed by atoms with Crippen LogP contribution >= 0.6 is 15.9 Å². The predicted octanol–water partition coefficient (Wildman–Crippen LogP) is 2.49. The zero-order valence-electron chi connectivity index (χ0n) is 6.39. The summed E-state index contributed by atoms with van der Waals surface area (Å²) >= 11 is 3.38. The SMILES string of the molecule is C=CCC(Br)[C@H](O)CCC. The summed E-state index contributed by atoms with van der Waals surface area (Å²) in [5, 5.41) is 9.35. The largest absolute Gasteiger partial charge is 0.392 e. The summed E-state index contributed by atoms with van der Waals surface area (Å²) in [6, 6.07) is 0. The van der Waals surface area contributed by atoms with Gasteiger partial charge in [0.05, 0.1) is 6.10 Å². The van der Waals surface area contributed by atoms with E-state index in [1.165, 1.54) is 0 Å². The Bertz CT molecular complexity index is 93.3. The Morgan fingerprint density at radius 1 is 1.70 bits per heavy atom. The first-order chi connectivity index (χ1) is 4.72. The molecule has 1 nitrogen and oxygen atoms in total. The van der Waals surface area contributed by atoms with Crippen LogP contribution in [0.5, 0.6) is 0 Å². The van der Waals surface area contributed by atoms with Gasteiger partial charge in [-0.15, -0.1) is 6.58 Å². The van der Waals surface area contributed by atoms with Crippen molar-refractivity contribution >= 4 is 15.9 Å². The van der Waals surface area contributed by atoms with Gasteiger partial charge in [-0.25, -0.2) is 0 Å². The summed E-state index contributed by atoms with van der Waals surface area (Å²) in [5.74, 6) is 0. The Hall–Kier alpha value is 0.180. The number of alkyl halides is 1. The summed E-state index contributed by atoms with van der Waals surface area (Å²) < 4.78 is 0. The molecule has 0 spiro atoms. The topological polar surface area (TPSA) is 20.2 Å². The number of hydrogen-bond acceptors (Lipinski definition) is 1. The van der Waals surface area contributed by atoms with E-state index in [9.17, 15) is 5.11 Å². The molecule has 0 rings (SSSR count). The van der Waals surface area contributed by atoms with E-state index in [-0.39, 0.29) is 10.9 Å². The van der Waals surface area contributed by atoms with E-state index in [0.717, 1.165) is 19.3 Å². The van der Waals surface area contributed by atoms with Gasteiger partial charge in [0.2, 0.25) is 0 Å². The Morgan fingerprint density at radius 3 is 2.70 bits per heavy atom. The molecule has 0 aromatic heterocycles. The van der Waals surface area contributed by atoms with Gasteiger partial charge in [-0.3, -0.25) is 0 Å². The lowest BCUT2D eigenvalue weighted by Gasteiger charge is -2.13. The highest BCUT2D eigenvalue weighted by Crippen LogP contribution is 2.14. The summed E-state index contributed by atoms with van der Waals surface area (Å²) in [6.45, 7) is 5.67. The van der Waals surface area contributed by atoms with Gasteiger partial charge in [0.25, 0.3) is 0 Å². The Balaban J connectivity index is 3.47. The van der Waals surface area contributed by atoms with Crippen LogP contribution in [0.15, 0.2) is 12.7 Å². The van der Waals surface area contributed by atoms with E-state index in [2.05, 4.69) is 29.4 Å². The van der Waals surface area contributed by atoms with Crippen molar-refractivity contribution in [2.45, 2.75) is 37.1 Å². The van der Waals surface area contributed by atoms with Gasteiger partial charge < -0.3 is 5.11 Å². The van der Waals surface area contributed by atoms with E-state index in [1.54, 1.807) is 0 Å². The molecule has 60 valence electrons. The first-order valence-electron chi connectivity index (χ1n) is 3.65. The quantitative estimate of drug-likeness (QED) is 0.542. The van der Waals surface area contributed by atoms with Crippen LogP contribution in [0, 0.1) is 0 Å². The van der Waals surface area contributed by atoms with E-state index >= 15 is 0 Å². The molecule has 0 fully saturated rings. The highest BCUT2D eigenvalue weighted by Gasteiger charge is 2.12. The molecule has 0 aromatic rings. The Labute approximate surface area is 71.3 Å². The monoisotopic (exact) mass is 206 g/mol. The van der Waals surface area contributed by atoms with Crippen molar-refractivity contribution in [3.8, 4) is 0 Å². The normalized spacial score (nSPS) is 16.3. The van der Waals surface area contributed by atoms with Gasteiger partial charge in [0, 0.05) is 4.83 Å². The molecule has 0 aliphatic heterocycles. The molecule has 2 heteroatoms. The average Bonchev–Trinajstić information content (AvgIpc) is 1.89. The second kappa shape index (κ2) is 5.93. The fourth-order valence-corrected chi connectivity index (χ4v) is 1.32. The van der Waals surface area contributed by atoms with Crippen molar-refractivity contribution in [3.05, 3.63) is 12.7 Å². The smallest absolute Gasteiger partial charge is 0.0668 e. The number of hydrogen-bond donors (Lipinski definition) is 1. The number of aliphatic hydroxyl groups is 1. The third-order valence-electron chi connectivity index (χ3n) is 1.39. The maximum atomic E-state index is 9.35. The van der Waals surface area contributed by atoms with Crippen molar-refractivity contribution in [3.63, 3.8) is 0 Å². The van der Waals surface area contributed by atoms with Crippen LogP contribution in [0.1, 0.15) is 26.2 Å². The van der Waals surface area contributed by atoms with E-state index < -0.39 is 0 Å². The number of aliphatic hydroxyl groups excluding tert-OH is 1. The highest BCUT2D eigenvalue weighted by molar-refractivity contribution is 9.09. The van der Waals surface area contributed by atoms with Crippen LogP contribution in [0.3, 0.4) is 0 Å². The number of rotatable bonds is 5. The van der Waals surface area contributed by atoms with Gasteiger partial charge in [0.1, 0.15) is 0 Å². The maximum Gasteiger partial charge on any atom is 0.0668 e. The molecule has 0 radical (unpaired) electrons. The average molecular weight is 207 g/mol. The molecule has 0 aliphatic carbocycles. The summed E-state index contributed by atoms with van der Waals surface area (Å²) in [4.78, 5) is 0.185. The molecule has 1 unspecified atom stereocenters. The third kappa shape index (κ3) is 4.07. The van der Waals surface area contributed by atoms with Crippen molar-refractivity contribution in [1.82, 2.24) is 0 Å². The molecule has 0 amide bonds. The predicted molar refractivity (Wildman–Crippen MR) is 48.4 cm³/mol. The van der Waals surface area contributed by atoms with Gasteiger partial charge in [-0.2, -0.15) is 0 Å². The molecule has 0 heterocycles. The van der Waals surface area contributed by atoms with E-state index in [1.807, 2.05) is 6.08 Å². The second-order valence-corrected chi connectivity index (χ2v) is 3.57. The fourth-order valence-electron chi connectivity index (χ4n) is 0.793. The lowest BCUT2D eigenvalue weighted by Crippen LogP contribution is -2.18. The summed E-state index contributed by atoms with van der Waals surface area (Å²) in [5.41, 5.74) is 0. The van der Waals surface area contributed by atoms with Crippen LogP contribution in [0.2, 0.25) is 0 Å². The van der Waals surface area contributed by atoms with Crippen LogP contribution in [0.4, 0.5) is 0 Å². The summed E-state index contributed by atoms with van der Waals surface area (Å²) in [6.07, 6.45) is 4.33. The molecule has 2 atom stereocenters. The fraction of sp³-hybridized carbons (Fsp3) is 0.750. The van der Waals surface area contributed by atoms with Crippen LogP contribution < -0.4 is 0 Å². The lowest BCUT2D eigenvalue weighted by atomic mass is 10.1. The van der Waals surface area contributed by atoms with Gasteiger partial charge in [0.15, 0.2) is 0 Å². The van der Waals surface area contributed by atoms with Crippen LogP contribution in [0.25, 0.3) is 0 Å². The summed E-state index contributed by atoms with van der Waals surface area (Å²) in [7, 11) is 0. The van der Waals surface area contributed by atoms with E-state index in [4.69, 9.17) is 0 Å². The number of halogens is 1. The Kier molecular flexibility index (Phi) is 6.03. The van der Waals surface area contributed by atoms with Crippen molar-refractivity contribution < 1.29 is 5.11 Å². The maximum absolute atomic E-state index is 9.35. The molecule has 0 aromatic carbocycles. The van der Waals surface area contributed by atoms with Gasteiger partial charge >= 0.3 is 0 Å². The minimum Gasteiger partial charge on any atom is -0.392 e. The molecule has 0 saturated carbocycles. The molecule has 0 saturated heterocycles. The minimum absolute atomic E-state index is 0.185. The molecule has 10 heavy (non-hydrogen) atoms. The third-order valence-corrected chi connectivity index (χ3v) is 2.38. The number of allylic oxidation sites excluding steroid dienone is 1. The zero-order valence-corrected chi connectivity index (χ0v) is 7.97. The van der Waals surface area contributed by atoms with Crippen molar-refractivity contribution in [1.29, 1.82) is 0 Å². The standard InChI is InChI=1S/C8H15BrO/c1-3-5-7(9)8(10)6-4-2/h3,7-8,10H,1,4-6H2,2H3/t7?,8-/m1/s1. The molecule has 0 aliphatic rings. The van der Waals surface area contributed by atoms with Crippen molar-refractivity contribution in [2.75, 3.05) is 0 Å². The molecule has 1 N–H and O–H groups in total. The van der Waals surface area contributed by atoms with Gasteiger partial charge in [-0.1, -0.05) is 35.4 Å². The second-order valence-electron chi connectivity index (χ2n) is 2.40. The van der Waals surface area contributed by atoms with Gasteiger partial charge in [-0.05, 0) is 12.8 Å². The lowest BCUT2D eigenvalue weighted by molar-refractivity contribution is 0.162. The molecule has 0 bridgehead atoms. The first-order valence-corrected chi connectivity index (χ1v) is 4.57. The van der Waals surface area contributed by atoms with Crippen LogP contribution in [-0.2, 0) is 0 Å². The van der Waals surface area contributed by atoms with Crippen molar-refractivity contribution in [2.24, 2.45) is 0 Å². The molecular formula is C8H15BrO. The molecular weight excluding hydrogens is 192 g/mol.